The molecule has 176 valence electrons. The molecule has 5 aromatic rings. The topological polar surface area (TPSA) is 24.4 Å². The number of nitrogens with zero attached hydrogens (tertiary/aromatic N) is 1. The first-order valence-corrected chi connectivity index (χ1v) is 14.0. The van der Waals surface area contributed by atoms with E-state index in [4.69, 9.17) is 16.3 Å². The van der Waals surface area contributed by atoms with Crippen LogP contribution >= 0.6 is 18.7 Å². The van der Waals surface area contributed by atoms with Gasteiger partial charge in [0.15, 0.2) is 0 Å². The number of hydrogen-bond donors (Lipinski definition) is 1. The summed E-state index contributed by atoms with van der Waals surface area (Å²) in [7, 11) is -2.49. The monoisotopic (exact) mass is 504 g/mol. The van der Waals surface area contributed by atoms with Crippen LogP contribution < -0.4 is 15.9 Å². The van der Waals surface area contributed by atoms with E-state index in [1.165, 1.54) is 0 Å². The first-order chi connectivity index (χ1) is 17.7. The largest absolute Gasteiger partial charge is 0.355 e. The molecule has 0 radical (unpaired) electrons. The van der Waals surface area contributed by atoms with Gasteiger partial charge in [-0.2, -0.15) is 0 Å². The van der Waals surface area contributed by atoms with Crippen molar-refractivity contribution in [3.05, 3.63) is 162 Å². The summed E-state index contributed by atoms with van der Waals surface area (Å²) in [6.45, 7) is 0. The molecule has 0 aliphatic heterocycles. The molecule has 0 fully saturated rings. The standard InChI is InChI=1S/C32H26ClN2P/c33-30-23-13-14-24-31(30)35-36(28-19-9-3-10-20-28,29-21-11-4-12-22-29)25-32(26-15-5-1-6-16-26)34-27-17-7-2-8-18-27/h1-25,34H/b32-25-. The van der Waals surface area contributed by atoms with E-state index >= 15 is 0 Å². The fraction of sp³-hybridized carbons (Fsp3) is 0. The number of anilines is 1. The highest BCUT2D eigenvalue weighted by Gasteiger charge is 2.25. The molecule has 0 aliphatic carbocycles. The van der Waals surface area contributed by atoms with E-state index < -0.39 is 7.05 Å². The van der Waals surface area contributed by atoms with E-state index in [1.807, 2.05) is 60.7 Å². The lowest BCUT2D eigenvalue weighted by atomic mass is 10.1. The molecule has 0 heterocycles. The SMILES string of the molecule is Clc1ccccc1N=P(/C=C(\Nc1ccccc1)c1ccccc1)(c1ccccc1)c1ccccc1. The highest BCUT2D eigenvalue weighted by molar-refractivity contribution is 7.83. The number of nitrogens with one attached hydrogen (secondary N) is 1. The normalized spacial score (nSPS) is 11.6. The van der Waals surface area contributed by atoms with Crippen molar-refractivity contribution in [1.82, 2.24) is 0 Å². The second kappa shape index (κ2) is 11.3. The number of halogens is 1. The van der Waals surface area contributed by atoms with Crippen molar-refractivity contribution in [1.29, 1.82) is 0 Å². The molecule has 2 nitrogen and oxygen atoms in total. The molecule has 0 aliphatic rings. The molecule has 0 bridgehead atoms. The summed E-state index contributed by atoms with van der Waals surface area (Å²) in [6.07, 6.45) is 0. The van der Waals surface area contributed by atoms with E-state index in [0.717, 1.165) is 33.2 Å². The van der Waals surface area contributed by atoms with E-state index in [2.05, 4.69) is 96.1 Å². The fourth-order valence-corrected chi connectivity index (χ4v) is 7.59. The predicted molar refractivity (Wildman–Crippen MR) is 157 cm³/mol. The van der Waals surface area contributed by atoms with Gasteiger partial charge in [-0.3, -0.25) is 4.74 Å². The molecule has 4 heteroatoms. The zero-order chi connectivity index (χ0) is 24.6. The Kier molecular flexibility index (Phi) is 7.47. The van der Waals surface area contributed by atoms with E-state index in [1.54, 1.807) is 0 Å². The summed E-state index contributed by atoms with van der Waals surface area (Å²) in [4.78, 5) is 0. The Hall–Kier alpha value is -3.84. The molecule has 0 saturated heterocycles. The maximum atomic E-state index is 6.68. The summed E-state index contributed by atoms with van der Waals surface area (Å²) in [5, 5.41) is 6.63. The lowest BCUT2D eigenvalue weighted by Gasteiger charge is -2.25. The van der Waals surface area contributed by atoms with Crippen LogP contribution in [0.5, 0.6) is 0 Å². The molecule has 1 N–H and O–H groups in total. The Morgan fingerprint density at radius 1 is 0.583 bits per heavy atom. The van der Waals surface area contributed by atoms with Crippen LogP contribution in [0.25, 0.3) is 5.70 Å². The van der Waals surface area contributed by atoms with E-state index in [0.29, 0.717) is 5.02 Å². The molecule has 0 spiro atoms. The zero-order valence-electron chi connectivity index (χ0n) is 19.7. The van der Waals surface area contributed by atoms with Gasteiger partial charge in [-0.05, 0) is 35.6 Å². The van der Waals surface area contributed by atoms with E-state index in [9.17, 15) is 0 Å². The molecule has 0 unspecified atom stereocenters. The zero-order valence-corrected chi connectivity index (χ0v) is 21.4. The van der Waals surface area contributed by atoms with Crippen LogP contribution in [0.4, 0.5) is 11.4 Å². The molecular formula is C32H26ClN2P. The highest BCUT2D eigenvalue weighted by atomic mass is 35.5. The van der Waals surface area contributed by atoms with Gasteiger partial charge in [0.1, 0.15) is 0 Å². The third-order valence-electron chi connectivity index (χ3n) is 5.87. The molecular weight excluding hydrogens is 479 g/mol. The number of hydrogen-bond acceptors (Lipinski definition) is 2. The van der Waals surface area contributed by atoms with Gasteiger partial charge in [-0.15, -0.1) is 0 Å². The molecule has 0 amide bonds. The average Bonchev–Trinajstić information content (AvgIpc) is 2.95. The minimum atomic E-state index is -2.49. The van der Waals surface area contributed by atoms with Crippen LogP contribution in [0.3, 0.4) is 0 Å². The van der Waals surface area contributed by atoms with Gasteiger partial charge in [-0.25, -0.2) is 0 Å². The van der Waals surface area contributed by atoms with Crippen LogP contribution in [-0.2, 0) is 0 Å². The van der Waals surface area contributed by atoms with Crippen LogP contribution in [0.2, 0.25) is 5.02 Å². The second-order valence-electron chi connectivity index (χ2n) is 8.31. The van der Waals surface area contributed by atoms with Crippen molar-refractivity contribution in [3.8, 4) is 0 Å². The molecule has 0 saturated carbocycles. The van der Waals surface area contributed by atoms with Crippen molar-refractivity contribution >= 4 is 46.3 Å². The fourth-order valence-electron chi connectivity index (χ4n) is 4.12. The van der Waals surface area contributed by atoms with Gasteiger partial charge in [0, 0.05) is 22.0 Å². The quantitative estimate of drug-likeness (QED) is 0.220. The number of rotatable bonds is 7. The Bertz CT molecular complexity index is 1460. The van der Waals surface area contributed by atoms with Crippen molar-refractivity contribution < 1.29 is 0 Å². The second-order valence-corrected chi connectivity index (χ2v) is 11.6. The van der Waals surface area contributed by atoms with Crippen LogP contribution in [0.1, 0.15) is 5.56 Å². The van der Waals surface area contributed by atoms with Crippen molar-refractivity contribution in [2.45, 2.75) is 0 Å². The highest BCUT2D eigenvalue weighted by Crippen LogP contribution is 2.54. The van der Waals surface area contributed by atoms with E-state index in [-0.39, 0.29) is 0 Å². The molecule has 5 aromatic carbocycles. The lowest BCUT2D eigenvalue weighted by Crippen LogP contribution is -2.15. The third kappa shape index (κ3) is 5.36. The van der Waals surface area contributed by atoms with Crippen molar-refractivity contribution in [2.75, 3.05) is 5.32 Å². The summed E-state index contributed by atoms with van der Waals surface area (Å²) >= 11 is 6.68. The predicted octanol–water partition coefficient (Wildman–Crippen LogP) is 8.93. The minimum Gasteiger partial charge on any atom is -0.355 e. The Morgan fingerprint density at radius 2 is 1.06 bits per heavy atom. The number of para-hydroxylation sites is 1. The van der Waals surface area contributed by atoms with Gasteiger partial charge in [-0.1, -0.05) is 133 Å². The van der Waals surface area contributed by atoms with Crippen LogP contribution in [-0.4, -0.2) is 0 Å². The van der Waals surface area contributed by atoms with Crippen LogP contribution in [0, 0.1) is 0 Å². The summed E-state index contributed by atoms with van der Waals surface area (Å²) in [5.74, 6) is 2.32. The Balaban J connectivity index is 1.86. The minimum absolute atomic E-state index is 0.638. The maximum absolute atomic E-state index is 6.68. The van der Waals surface area contributed by atoms with Gasteiger partial charge in [0.05, 0.1) is 17.8 Å². The first-order valence-electron chi connectivity index (χ1n) is 11.8. The summed E-state index contributed by atoms with van der Waals surface area (Å²) in [5.41, 5.74) is 3.89. The van der Waals surface area contributed by atoms with Gasteiger partial charge < -0.3 is 5.32 Å². The van der Waals surface area contributed by atoms with Gasteiger partial charge in [0.2, 0.25) is 0 Å². The molecule has 0 atom stereocenters. The Morgan fingerprint density at radius 3 is 1.61 bits per heavy atom. The lowest BCUT2D eigenvalue weighted by molar-refractivity contribution is 1.53. The first kappa shape index (κ1) is 23.9. The number of benzene rings is 5. The average molecular weight is 505 g/mol. The Labute approximate surface area is 218 Å². The summed E-state index contributed by atoms with van der Waals surface area (Å²) in [6, 6.07) is 49.6. The smallest absolute Gasteiger partial charge is 0.0811 e. The van der Waals surface area contributed by atoms with Crippen molar-refractivity contribution in [2.24, 2.45) is 4.74 Å². The van der Waals surface area contributed by atoms with Crippen molar-refractivity contribution in [3.63, 3.8) is 0 Å². The molecule has 5 rings (SSSR count). The maximum Gasteiger partial charge on any atom is 0.0811 e. The van der Waals surface area contributed by atoms with Gasteiger partial charge in [0.25, 0.3) is 0 Å². The third-order valence-corrected chi connectivity index (χ3v) is 9.52. The molecule has 36 heavy (non-hydrogen) atoms. The molecule has 0 aromatic heterocycles. The van der Waals surface area contributed by atoms with Gasteiger partial charge >= 0.3 is 0 Å². The summed E-state index contributed by atoms with van der Waals surface area (Å²) < 4.78 is 5.50. The van der Waals surface area contributed by atoms with Crippen LogP contribution in [0.15, 0.2) is 156 Å².